The standard InChI is InChI=1S/C9H15O2Si.C9H7.2ClH.Zr/c1-10-8-6-5-7-9(8)11-12(2,3)4;1-2-5-9-7-3-6-8(9)4-1;;;/h5-7H,1-4H3;1-7H;2*1H;/q2*-1;;;+4/p-2. The molecular weight excluding hydrogens is 438 g/mol. The molecule has 24 heavy (non-hydrogen) atoms. The summed E-state index contributed by atoms with van der Waals surface area (Å²) in [4.78, 5) is 0. The van der Waals surface area contributed by atoms with Crippen molar-refractivity contribution >= 4 is 19.1 Å². The number of halogens is 2. The van der Waals surface area contributed by atoms with Gasteiger partial charge in [-0.2, -0.15) is 23.6 Å². The molecule has 0 unspecified atom stereocenters. The first-order valence-corrected chi connectivity index (χ1v) is 10.5. The normalized spacial score (nSPS) is 9.50. The first kappa shape index (κ1) is 25.7. The van der Waals surface area contributed by atoms with Crippen LogP contribution in [0.25, 0.3) is 10.8 Å². The predicted octanol–water partition coefficient (Wildman–Crippen LogP) is -0.808. The van der Waals surface area contributed by atoms with Gasteiger partial charge >= 0.3 is 26.2 Å². The molecule has 0 amide bonds. The van der Waals surface area contributed by atoms with Crippen molar-refractivity contribution < 1.29 is 60.2 Å². The van der Waals surface area contributed by atoms with Gasteiger partial charge in [0.1, 0.15) is 0 Å². The Morgan fingerprint density at radius 1 is 0.958 bits per heavy atom. The number of hydrogen-bond donors (Lipinski definition) is 0. The van der Waals surface area contributed by atoms with E-state index in [1.54, 1.807) is 7.11 Å². The van der Waals surface area contributed by atoms with E-state index in [-0.39, 0.29) is 51.0 Å². The number of fused-ring (bicyclic) bond motifs is 1. The third kappa shape index (κ3) is 8.02. The van der Waals surface area contributed by atoms with Crippen LogP contribution < -0.4 is 34.0 Å². The summed E-state index contributed by atoms with van der Waals surface area (Å²) in [5.74, 6) is 1.70. The van der Waals surface area contributed by atoms with E-state index in [9.17, 15) is 0 Å². The van der Waals surface area contributed by atoms with Crippen LogP contribution in [0.3, 0.4) is 0 Å². The third-order valence-corrected chi connectivity index (χ3v) is 3.75. The second-order valence-electron chi connectivity index (χ2n) is 5.83. The Balaban J connectivity index is 0. The van der Waals surface area contributed by atoms with Gasteiger partial charge in [-0.25, -0.2) is 6.07 Å². The summed E-state index contributed by atoms with van der Waals surface area (Å²) < 4.78 is 10.9. The van der Waals surface area contributed by atoms with Crippen molar-refractivity contribution in [3.8, 4) is 11.5 Å². The van der Waals surface area contributed by atoms with Crippen LogP contribution >= 0.6 is 0 Å². The summed E-state index contributed by atoms with van der Waals surface area (Å²) in [6, 6.07) is 20.5. The van der Waals surface area contributed by atoms with Crippen molar-refractivity contribution in [3.05, 3.63) is 60.7 Å². The fourth-order valence-corrected chi connectivity index (χ4v) is 2.87. The van der Waals surface area contributed by atoms with Gasteiger partial charge in [0.25, 0.3) is 0 Å². The molecule has 0 aliphatic heterocycles. The number of hydrogen-bond acceptors (Lipinski definition) is 2. The maximum atomic E-state index is 5.78. The fourth-order valence-electron chi connectivity index (χ4n) is 2.04. The molecule has 6 heteroatoms. The molecular formula is C18H22Cl2O2SiZr. The summed E-state index contributed by atoms with van der Waals surface area (Å²) in [6.45, 7) is 6.46. The van der Waals surface area contributed by atoms with Crippen LogP contribution in [0.4, 0.5) is 0 Å². The van der Waals surface area contributed by atoms with Crippen molar-refractivity contribution in [1.29, 1.82) is 0 Å². The van der Waals surface area contributed by atoms with E-state index in [0.29, 0.717) is 0 Å². The van der Waals surface area contributed by atoms with Crippen LogP contribution in [0.15, 0.2) is 60.7 Å². The SMILES string of the molecule is CO[c-]1cccc1O[Si](C)(C)C.[Cl-].[Cl-].[Zr+4].c1ccc2[cH-]ccc2c1. The Labute approximate surface area is 177 Å². The van der Waals surface area contributed by atoms with Crippen molar-refractivity contribution in [2.45, 2.75) is 19.6 Å². The van der Waals surface area contributed by atoms with Gasteiger partial charge in [-0.05, 0) is 19.6 Å². The molecule has 0 aromatic heterocycles. The Morgan fingerprint density at radius 2 is 1.62 bits per heavy atom. The molecule has 0 aliphatic rings. The van der Waals surface area contributed by atoms with Gasteiger partial charge < -0.3 is 34.0 Å². The van der Waals surface area contributed by atoms with Gasteiger partial charge in [-0.1, -0.05) is 6.07 Å². The Kier molecular flexibility index (Phi) is 12.8. The van der Waals surface area contributed by atoms with E-state index in [1.165, 1.54) is 10.8 Å². The third-order valence-electron chi connectivity index (χ3n) is 2.92. The van der Waals surface area contributed by atoms with Gasteiger partial charge in [0.05, 0.1) is 7.11 Å². The molecule has 0 N–H and O–H groups in total. The quantitative estimate of drug-likeness (QED) is 0.376. The van der Waals surface area contributed by atoms with E-state index in [0.717, 1.165) is 11.5 Å². The number of methoxy groups -OCH3 is 1. The minimum Gasteiger partial charge on any atom is -1.00 e. The molecule has 3 rings (SSSR count). The number of benzene rings is 1. The monoisotopic (exact) mass is 458 g/mol. The van der Waals surface area contributed by atoms with E-state index < -0.39 is 8.32 Å². The molecule has 0 spiro atoms. The largest absolute Gasteiger partial charge is 4.00 e. The van der Waals surface area contributed by atoms with E-state index in [4.69, 9.17) is 9.16 Å². The Hall–Kier alpha value is -0.540. The molecule has 0 saturated carbocycles. The molecule has 0 heterocycles. The van der Waals surface area contributed by atoms with E-state index in [1.807, 2.05) is 18.2 Å². The van der Waals surface area contributed by atoms with Crippen LogP contribution in [0.5, 0.6) is 11.5 Å². The zero-order chi connectivity index (χ0) is 15.3. The Morgan fingerprint density at radius 3 is 2.21 bits per heavy atom. The van der Waals surface area contributed by atoms with Crippen LogP contribution in [0.2, 0.25) is 19.6 Å². The van der Waals surface area contributed by atoms with Crippen LogP contribution in [0, 0.1) is 0 Å². The van der Waals surface area contributed by atoms with Crippen molar-refractivity contribution in [2.75, 3.05) is 7.11 Å². The Bertz CT molecular complexity index is 659. The molecule has 2 nitrogen and oxygen atoms in total. The average Bonchev–Trinajstić information content (AvgIpc) is 3.05. The molecule has 0 bridgehead atoms. The molecule has 3 aromatic carbocycles. The van der Waals surface area contributed by atoms with E-state index >= 15 is 0 Å². The first-order valence-electron chi connectivity index (χ1n) is 7.09. The second-order valence-corrected chi connectivity index (χ2v) is 10.3. The zero-order valence-corrected chi connectivity index (χ0v) is 19.3. The van der Waals surface area contributed by atoms with Crippen LogP contribution in [0.1, 0.15) is 0 Å². The van der Waals surface area contributed by atoms with Crippen molar-refractivity contribution in [1.82, 2.24) is 0 Å². The summed E-state index contributed by atoms with van der Waals surface area (Å²) in [7, 11) is 0.170. The predicted molar refractivity (Wildman–Crippen MR) is 92.1 cm³/mol. The van der Waals surface area contributed by atoms with Gasteiger partial charge in [0, 0.05) is 11.5 Å². The van der Waals surface area contributed by atoms with Crippen molar-refractivity contribution in [2.24, 2.45) is 0 Å². The molecule has 3 aromatic rings. The van der Waals surface area contributed by atoms with Gasteiger partial charge in [0.2, 0.25) is 8.32 Å². The van der Waals surface area contributed by atoms with Crippen LogP contribution in [-0.4, -0.2) is 15.4 Å². The summed E-state index contributed by atoms with van der Waals surface area (Å²) in [5, 5.41) is 2.66. The van der Waals surface area contributed by atoms with Crippen LogP contribution in [-0.2, 0) is 26.2 Å². The minimum absolute atomic E-state index is 0. The fraction of sp³-hybridized carbons (Fsp3) is 0.222. The minimum atomic E-state index is -1.49. The molecule has 0 fully saturated rings. The maximum absolute atomic E-state index is 5.78. The first-order chi connectivity index (χ1) is 9.99. The van der Waals surface area contributed by atoms with Gasteiger partial charge in [-0.3, -0.25) is 0 Å². The summed E-state index contributed by atoms with van der Waals surface area (Å²) in [5.41, 5.74) is 0. The van der Waals surface area contributed by atoms with E-state index in [2.05, 4.69) is 62.1 Å². The van der Waals surface area contributed by atoms with Gasteiger partial charge in [0.15, 0.2) is 0 Å². The second kappa shape index (κ2) is 11.9. The molecule has 0 radical (unpaired) electrons. The summed E-state index contributed by atoms with van der Waals surface area (Å²) >= 11 is 0. The topological polar surface area (TPSA) is 18.5 Å². The van der Waals surface area contributed by atoms with Gasteiger partial charge in [-0.15, -0.1) is 35.7 Å². The molecule has 0 aliphatic carbocycles. The maximum Gasteiger partial charge on any atom is 4.00 e. The molecule has 128 valence electrons. The average molecular weight is 461 g/mol. The summed E-state index contributed by atoms with van der Waals surface area (Å²) in [6.07, 6.45) is 0. The number of ether oxygens (including phenoxy) is 1. The zero-order valence-electron chi connectivity index (χ0n) is 14.3. The molecule has 0 atom stereocenters. The van der Waals surface area contributed by atoms with Crippen molar-refractivity contribution in [3.63, 3.8) is 0 Å². The number of rotatable bonds is 3. The smallest absolute Gasteiger partial charge is 1.00 e. The molecule has 0 saturated heterocycles.